The van der Waals surface area contributed by atoms with E-state index < -0.39 is 0 Å². The molecular formula is C26H25ClFN3O2. The maximum Gasteiger partial charge on any atom is 0.148 e. The lowest BCUT2D eigenvalue weighted by molar-refractivity contribution is 0.412. The van der Waals surface area contributed by atoms with E-state index in [2.05, 4.69) is 4.90 Å². The van der Waals surface area contributed by atoms with Gasteiger partial charge in [0.25, 0.3) is 0 Å². The van der Waals surface area contributed by atoms with Crippen LogP contribution >= 0.6 is 11.6 Å². The third kappa shape index (κ3) is 5.12. The summed E-state index contributed by atoms with van der Waals surface area (Å²) >= 11 is 6.09. The molecule has 0 aliphatic rings. The second-order valence-corrected chi connectivity index (χ2v) is 8.05. The lowest BCUT2D eigenvalue weighted by Gasteiger charge is -2.18. The number of rotatable bonds is 8. The van der Waals surface area contributed by atoms with Crippen molar-refractivity contribution in [3.05, 3.63) is 89.5 Å². The summed E-state index contributed by atoms with van der Waals surface area (Å²) in [4.78, 5) is 7.06. The highest BCUT2D eigenvalue weighted by Gasteiger charge is 2.17. The first kappa shape index (κ1) is 22.7. The van der Waals surface area contributed by atoms with Crippen molar-refractivity contribution in [3.8, 4) is 28.6 Å². The molecule has 0 aliphatic heterocycles. The van der Waals surface area contributed by atoms with Gasteiger partial charge in [-0.15, -0.1) is 0 Å². The Hall–Kier alpha value is -3.51. The van der Waals surface area contributed by atoms with Gasteiger partial charge in [-0.1, -0.05) is 11.6 Å². The molecule has 0 fully saturated rings. The minimum atomic E-state index is -0.360. The van der Waals surface area contributed by atoms with Gasteiger partial charge in [0.15, 0.2) is 0 Å². The molecule has 0 N–H and O–H groups in total. The fourth-order valence-electron chi connectivity index (χ4n) is 3.64. The number of hydrogen-bond acceptors (Lipinski definition) is 4. The standard InChI is InChI=1S/C26H25ClFN3O2/c1-30(21-9-11-23(32-2)12-10-21)15-14-20-17-31(22-7-4-18(27)5-8-22)26(29-20)24-13-6-19(28)16-25(24)33-3/h4-13,16-17H,14-15H2,1-3H3. The Morgan fingerprint density at radius 3 is 2.36 bits per heavy atom. The second-order valence-electron chi connectivity index (χ2n) is 7.62. The van der Waals surface area contributed by atoms with Crippen molar-refractivity contribution in [2.45, 2.75) is 6.42 Å². The summed E-state index contributed by atoms with van der Waals surface area (Å²) < 4.78 is 26.5. The van der Waals surface area contributed by atoms with Crippen LogP contribution in [0.25, 0.3) is 17.1 Å². The van der Waals surface area contributed by atoms with Gasteiger partial charge in [0.05, 0.1) is 25.5 Å². The first-order valence-electron chi connectivity index (χ1n) is 10.5. The van der Waals surface area contributed by atoms with Gasteiger partial charge in [-0.25, -0.2) is 9.37 Å². The zero-order valence-corrected chi connectivity index (χ0v) is 19.5. The largest absolute Gasteiger partial charge is 0.497 e. The molecule has 7 heteroatoms. The summed E-state index contributed by atoms with van der Waals surface area (Å²) in [6.45, 7) is 0.768. The normalized spacial score (nSPS) is 10.8. The molecule has 33 heavy (non-hydrogen) atoms. The van der Waals surface area contributed by atoms with Gasteiger partial charge >= 0.3 is 0 Å². The van der Waals surface area contributed by atoms with Crippen molar-refractivity contribution >= 4 is 17.3 Å². The number of nitrogens with zero attached hydrogens (tertiary/aromatic N) is 3. The van der Waals surface area contributed by atoms with Crippen LogP contribution in [0.2, 0.25) is 5.02 Å². The minimum absolute atomic E-state index is 0.360. The highest BCUT2D eigenvalue weighted by atomic mass is 35.5. The van der Waals surface area contributed by atoms with Gasteiger partial charge in [-0.05, 0) is 60.7 Å². The van der Waals surface area contributed by atoms with E-state index >= 15 is 0 Å². The topological polar surface area (TPSA) is 39.5 Å². The van der Waals surface area contributed by atoms with Crippen molar-refractivity contribution in [2.24, 2.45) is 0 Å². The minimum Gasteiger partial charge on any atom is -0.497 e. The molecule has 0 atom stereocenters. The maximum atomic E-state index is 13.8. The Labute approximate surface area is 198 Å². The molecule has 3 aromatic carbocycles. The molecule has 1 aromatic heterocycles. The van der Waals surface area contributed by atoms with Crippen LogP contribution in [0.5, 0.6) is 11.5 Å². The smallest absolute Gasteiger partial charge is 0.148 e. The van der Waals surface area contributed by atoms with Crippen LogP contribution in [-0.2, 0) is 6.42 Å². The van der Waals surface area contributed by atoms with Crippen LogP contribution < -0.4 is 14.4 Å². The average Bonchev–Trinajstić information content (AvgIpc) is 3.27. The number of anilines is 1. The number of halogens is 2. The van der Waals surface area contributed by atoms with E-state index in [0.29, 0.717) is 22.2 Å². The van der Waals surface area contributed by atoms with Crippen molar-refractivity contribution in [3.63, 3.8) is 0 Å². The molecular weight excluding hydrogens is 441 g/mol. The average molecular weight is 466 g/mol. The van der Waals surface area contributed by atoms with E-state index in [1.807, 2.05) is 66.3 Å². The summed E-state index contributed by atoms with van der Waals surface area (Å²) in [5.41, 5.74) is 3.62. The van der Waals surface area contributed by atoms with E-state index in [9.17, 15) is 4.39 Å². The van der Waals surface area contributed by atoms with Crippen LogP contribution in [0.4, 0.5) is 10.1 Å². The number of ether oxygens (including phenoxy) is 2. The monoisotopic (exact) mass is 465 g/mol. The van der Waals surface area contributed by atoms with Crippen molar-refractivity contribution < 1.29 is 13.9 Å². The zero-order chi connectivity index (χ0) is 23.4. The predicted molar refractivity (Wildman–Crippen MR) is 130 cm³/mol. The summed E-state index contributed by atoms with van der Waals surface area (Å²) in [5.74, 6) is 1.57. The fraction of sp³-hybridized carbons (Fsp3) is 0.192. The number of imidazole rings is 1. The lowest BCUT2D eigenvalue weighted by Crippen LogP contribution is -2.20. The van der Waals surface area contributed by atoms with Crippen molar-refractivity contribution in [2.75, 3.05) is 32.7 Å². The molecule has 0 aliphatic carbocycles. The number of methoxy groups -OCH3 is 2. The van der Waals surface area contributed by atoms with Gasteiger partial charge in [0.1, 0.15) is 23.1 Å². The van der Waals surface area contributed by atoms with Crippen LogP contribution in [0.1, 0.15) is 5.69 Å². The molecule has 1 heterocycles. The fourth-order valence-corrected chi connectivity index (χ4v) is 3.76. The predicted octanol–water partition coefficient (Wildman–Crippen LogP) is 6.03. The highest BCUT2D eigenvalue weighted by molar-refractivity contribution is 6.30. The van der Waals surface area contributed by atoms with Crippen LogP contribution in [-0.4, -0.2) is 37.4 Å². The number of hydrogen-bond donors (Lipinski definition) is 0. The zero-order valence-electron chi connectivity index (χ0n) is 18.8. The van der Waals surface area contributed by atoms with E-state index in [0.717, 1.165) is 35.8 Å². The Morgan fingerprint density at radius 1 is 0.970 bits per heavy atom. The SMILES string of the molecule is COc1ccc(N(C)CCc2cn(-c3ccc(Cl)cc3)c(-c3ccc(F)cc3OC)n2)cc1. The van der Waals surface area contributed by atoms with E-state index in [1.165, 1.54) is 19.2 Å². The van der Waals surface area contributed by atoms with Crippen LogP contribution in [0.3, 0.4) is 0 Å². The summed E-state index contributed by atoms with van der Waals surface area (Å²) in [5, 5.41) is 0.654. The molecule has 0 amide bonds. The van der Waals surface area contributed by atoms with Crippen LogP contribution in [0, 0.1) is 5.82 Å². The van der Waals surface area contributed by atoms with E-state index in [-0.39, 0.29) is 5.82 Å². The van der Waals surface area contributed by atoms with Gasteiger partial charge in [-0.2, -0.15) is 0 Å². The summed E-state index contributed by atoms with van der Waals surface area (Å²) in [7, 11) is 5.23. The lowest BCUT2D eigenvalue weighted by atomic mass is 10.1. The Bertz CT molecular complexity index is 1220. The van der Waals surface area contributed by atoms with Gasteiger partial charge in [0, 0.05) is 48.7 Å². The molecule has 0 spiro atoms. The van der Waals surface area contributed by atoms with Crippen LogP contribution in [0.15, 0.2) is 72.9 Å². The summed E-state index contributed by atoms with van der Waals surface area (Å²) in [6, 6.07) is 19.9. The van der Waals surface area contributed by atoms with Gasteiger partial charge < -0.3 is 14.4 Å². The highest BCUT2D eigenvalue weighted by Crippen LogP contribution is 2.32. The second kappa shape index (κ2) is 9.96. The Balaban J connectivity index is 1.65. The molecule has 4 aromatic rings. The third-order valence-corrected chi connectivity index (χ3v) is 5.73. The molecule has 0 saturated carbocycles. The van der Waals surface area contributed by atoms with Gasteiger partial charge in [0.2, 0.25) is 0 Å². The first-order chi connectivity index (χ1) is 16.0. The Kier molecular flexibility index (Phi) is 6.84. The quantitative estimate of drug-likeness (QED) is 0.318. The number of aromatic nitrogens is 2. The molecule has 0 unspecified atom stereocenters. The van der Waals surface area contributed by atoms with Gasteiger partial charge in [-0.3, -0.25) is 4.57 Å². The molecule has 0 radical (unpaired) electrons. The van der Waals surface area contributed by atoms with Crippen molar-refractivity contribution in [1.29, 1.82) is 0 Å². The molecule has 0 saturated heterocycles. The molecule has 0 bridgehead atoms. The maximum absolute atomic E-state index is 13.8. The van der Waals surface area contributed by atoms with E-state index in [1.54, 1.807) is 13.2 Å². The van der Waals surface area contributed by atoms with Crippen molar-refractivity contribution in [1.82, 2.24) is 9.55 Å². The first-order valence-corrected chi connectivity index (χ1v) is 10.9. The third-order valence-electron chi connectivity index (χ3n) is 5.48. The Morgan fingerprint density at radius 2 is 1.70 bits per heavy atom. The number of likely N-dealkylation sites (N-methyl/N-ethyl adjacent to an activating group) is 1. The number of benzene rings is 3. The molecule has 170 valence electrons. The summed E-state index contributed by atoms with van der Waals surface area (Å²) in [6.07, 6.45) is 2.73. The molecule has 5 nitrogen and oxygen atoms in total. The van der Waals surface area contributed by atoms with E-state index in [4.69, 9.17) is 26.1 Å². The molecule has 4 rings (SSSR count).